The number of benzene rings is 2. The Morgan fingerprint density at radius 3 is 2.09 bits per heavy atom. The average Bonchev–Trinajstić information content (AvgIpc) is 2.73. The Kier molecular flexibility index (Phi) is 5.69. The van der Waals surface area contributed by atoms with Crippen LogP contribution in [0.4, 0.5) is 11.4 Å². The molecule has 6 rings (SSSR count). The second kappa shape index (κ2) is 8.65. The Morgan fingerprint density at radius 1 is 0.879 bits per heavy atom. The molecular weight excluding hydrogens is 416 g/mol. The van der Waals surface area contributed by atoms with Gasteiger partial charge in [-0.1, -0.05) is 18.2 Å². The van der Waals surface area contributed by atoms with E-state index in [1.807, 2.05) is 18.2 Å². The van der Waals surface area contributed by atoms with Crippen LogP contribution in [0.15, 0.2) is 48.5 Å². The van der Waals surface area contributed by atoms with Gasteiger partial charge in [-0.05, 0) is 92.0 Å². The number of para-hydroxylation sites is 2. The SMILES string of the molecule is CC(=O)Oc1cccc(C(=O)Nc2ccccc2NC(=O)CC23CC4CC(CC(C4)C2)C3)c1. The average molecular weight is 447 g/mol. The molecule has 4 fully saturated rings. The molecule has 33 heavy (non-hydrogen) atoms. The molecule has 0 spiro atoms. The fourth-order valence-corrected chi connectivity index (χ4v) is 6.80. The van der Waals surface area contributed by atoms with Crippen molar-refractivity contribution in [3.63, 3.8) is 0 Å². The van der Waals surface area contributed by atoms with Crippen LogP contribution in [0, 0.1) is 23.2 Å². The minimum Gasteiger partial charge on any atom is -0.427 e. The zero-order valence-electron chi connectivity index (χ0n) is 18.9. The maximum absolute atomic E-state index is 13.1. The van der Waals surface area contributed by atoms with Crippen molar-refractivity contribution in [3.8, 4) is 5.75 Å². The van der Waals surface area contributed by atoms with Crippen LogP contribution < -0.4 is 15.4 Å². The summed E-state index contributed by atoms with van der Waals surface area (Å²) in [6, 6.07) is 13.7. The Hall–Kier alpha value is -3.15. The lowest BCUT2D eigenvalue weighted by Gasteiger charge is -2.56. The normalized spacial score (nSPS) is 27.1. The maximum atomic E-state index is 13.1. The molecule has 4 bridgehead atoms. The second-order valence-electron chi connectivity index (χ2n) is 10.3. The maximum Gasteiger partial charge on any atom is 0.308 e. The predicted molar refractivity (Wildman–Crippen MR) is 126 cm³/mol. The number of carbonyl (C=O) groups is 3. The monoisotopic (exact) mass is 446 g/mol. The summed E-state index contributed by atoms with van der Waals surface area (Å²) in [5.41, 5.74) is 1.66. The van der Waals surface area contributed by atoms with Crippen molar-refractivity contribution in [1.29, 1.82) is 0 Å². The van der Waals surface area contributed by atoms with Crippen LogP contribution in [0.3, 0.4) is 0 Å². The van der Waals surface area contributed by atoms with Crippen LogP contribution in [0.1, 0.15) is 62.2 Å². The topological polar surface area (TPSA) is 84.5 Å². The van der Waals surface area contributed by atoms with Crippen LogP contribution in [-0.2, 0) is 9.59 Å². The number of hydrogen-bond acceptors (Lipinski definition) is 4. The van der Waals surface area contributed by atoms with Gasteiger partial charge in [-0.3, -0.25) is 14.4 Å². The van der Waals surface area contributed by atoms with Gasteiger partial charge in [0.05, 0.1) is 11.4 Å². The Morgan fingerprint density at radius 2 is 1.48 bits per heavy atom. The summed E-state index contributed by atoms with van der Waals surface area (Å²) < 4.78 is 5.07. The molecule has 2 amide bonds. The van der Waals surface area contributed by atoms with Crippen molar-refractivity contribution in [3.05, 3.63) is 54.1 Å². The van der Waals surface area contributed by atoms with Crippen LogP contribution in [-0.4, -0.2) is 17.8 Å². The molecule has 2 N–H and O–H groups in total. The highest BCUT2D eigenvalue weighted by Gasteiger charge is 2.51. The molecular formula is C27H30N2O4. The van der Waals surface area contributed by atoms with E-state index < -0.39 is 5.97 Å². The van der Waals surface area contributed by atoms with Gasteiger partial charge in [0.25, 0.3) is 5.91 Å². The van der Waals surface area contributed by atoms with E-state index in [4.69, 9.17) is 4.74 Å². The van der Waals surface area contributed by atoms with Gasteiger partial charge >= 0.3 is 5.97 Å². The van der Waals surface area contributed by atoms with Crippen LogP contribution >= 0.6 is 0 Å². The van der Waals surface area contributed by atoms with E-state index in [0.29, 0.717) is 29.1 Å². The molecule has 6 nitrogen and oxygen atoms in total. The molecule has 4 aliphatic rings. The Balaban J connectivity index is 1.26. The minimum absolute atomic E-state index is 0.0236. The first-order valence-corrected chi connectivity index (χ1v) is 11.9. The van der Waals surface area contributed by atoms with E-state index in [1.54, 1.807) is 24.3 Å². The number of amides is 2. The summed E-state index contributed by atoms with van der Waals surface area (Å²) in [4.78, 5) is 37.1. The van der Waals surface area contributed by atoms with Gasteiger partial charge in [0, 0.05) is 18.9 Å². The molecule has 0 atom stereocenters. The van der Waals surface area contributed by atoms with Crippen LogP contribution in [0.2, 0.25) is 0 Å². The van der Waals surface area contributed by atoms with Crippen LogP contribution in [0.25, 0.3) is 0 Å². The van der Waals surface area contributed by atoms with Crippen molar-refractivity contribution >= 4 is 29.2 Å². The first kappa shape index (κ1) is 21.7. The van der Waals surface area contributed by atoms with Crippen molar-refractivity contribution in [1.82, 2.24) is 0 Å². The van der Waals surface area contributed by atoms with Crippen molar-refractivity contribution < 1.29 is 19.1 Å². The van der Waals surface area contributed by atoms with Gasteiger partial charge in [-0.2, -0.15) is 0 Å². The molecule has 2 aromatic rings. The first-order valence-electron chi connectivity index (χ1n) is 11.9. The van der Waals surface area contributed by atoms with Gasteiger partial charge in [-0.15, -0.1) is 0 Å². The number of carbonyl (C=O) groups excluding carboxylic acids is 3. The second-order valence-corrected chi connectivity index (χ2v) is 10.3. The zero-order valence-corrected chi connectivity index (χ0v) is 18.9. The number of hydrogen-bond donors (Lipinski definition) is 2. The van der Waals surface area contributed by atoms with E-state index in [9.17, 15) is 14.4 Å². The molecule has 172 valence electrons. The Labute approximate surface area is 194 Å². The highest BCUT2D eigenvalue weighted by atomic mass is 16.5. The molecule has 0 radical (unpaired) electrons. The van der Waals surface area contributed by atoms with E-state index in [2.05, 4.69) is 10.6 Å². The van der Waals surface area contributed by atoms with E-state index in [-0.39, 0.29) is 17.2 Å². The lowest BCUT2D eigenvalue weighted by atomic mass is 9.49. The number of nitrogens with one attached hydrogen (secondary N) is 2. The lowest BCUT2D eigenvalue weighted by Crippen LogP contribution is -2.47. The number of ether oxygens (including phenoxy) is 1. The summed E-state index contributed by atoms with van der Waals surface area (Å²) in [5.74, 6) is 1.96. The largest absolute Gasteiger partial charge is 0.427 e. The molecule has 6 heteroatoms. The smallest absolute Gasteiger partial charge is 0.308 e. The van der Waals surface area contributed by atoms with Crippen LogP contribution in [0.5, 0.6) is 5.75 Å². The van der Waals surface area contributed by atoms with Gasteiger partial charge in [0.1, 0.15) is 5.75 Å². The fraction of sp³-hybridized carbons (Fsp3) is 0.444. The highest BCUT2D eigenvalue weighted by Crippen LogP contribution is 2.61. The molecule has 4 saturated carbocycles. The first-order chi connectivity index (χ1) is 15.9. The highest BCUT2D eigenvalue weighted by molar-refractivity contribution is 6.07. The number of esters is 1. The third-order valence-corrected chi connectivity index (χ3v) is 7.51. The Bertz CT molecular complexity index is 1060. The molecule has 2 aromatic carbocycles. The van der Waals surface area contributed by atoms with E-state index >= 15 is 0 Å². The molecule has 4 aliphatic carbocycles. The lowest BCUT2D eigenvalue weighted by molar-refractivity contribution is -0.132. The third kappa shape index (κ3) is 4.80. The van der Waals surface area contributed by atoms with Gasteiger partial charge < -0.3 is 15.4 Å². The minimum atomic E-state index is -0.445. The summed E-state index contributed by atoms with van der Waals surface area (Å²) in [6.07, 6.45) is 8.18. The predicted octanol–water partition coefficient (Wildman–Crippen LogP) is 5.41. The van der Waals surface area contributed by atoms with Gasteiger partial charge in [0.15, 0.2) is 0 Å². The number of anilines is 2. The third-order valence-electron chi connectivity index (χ3n) is 7.51. The fourth-order valence-electron chi connectivity index (χ4n) is 6.80. The summed E-state index contributed by atoms with van der Waals surface area (Å²) in [5, 5.41) is 5.93. The molecule has 0 heterocycles. The van der Waals surface area contributed by atoms with Crippen molar-refractivity contribution in [2.75, 3.05) is 10.6 Å². The molecule has 0 aromatic heterocycles. The van der Waals surface area contributed by atoms with Gasteiger partial charge in [-0.25, -0.2) is 0 Å². The molecule has 0 aliphatic heterocycles. The molecule has 0 unspecified atom stereocenters. The zero-order chi connectivity index (χ0) is 23.0. The molecule has 0 saturated heterocycles. The number of rotatable bonds is 6. The van der Waals surface area contributed by atoms with Crippen molar-refractivity contribution in [2.45, 2.75) is 51.9 Å². The standard InChI is InChI=1S/C27H30N2O4/c1-17(30)33-22-6-4-5-21(12-22)26(32)29-24-8-3-2-7-23(24)28-25(31)16-27-13-18-9-19(14-27)11-20(10-18)15-27/h2-8,12,18-20H,9-11,13-16H2,1H3,(H,28,31)(H,29,32). The summed E-state index contributed by atoms with van der Waals surface area (Å²) >= 11 is 0. The van der Waals surface area contributed by atoms with E-state index in [1.165, 1.54) is 51.5 Å². The summed E-state index contributed by atoms with van der Waals surface area (Å²) in [6.45, 7) is 1.31. The quantitative estimate of drug-likeness (QED) is 0.459. The van der Waals surface area contributed by atoms with Gasteiger partial charge in [0.2, 0.25) is 5.91 Å². The van der Waals surface area contributed by atoms with E-state index in [0.717, 1.165) is 17.8 Å². The van der Waals surface area contributed by atoms with Crippen molar-refractivity contribution in [2.24, 2.45) is 23.2 Å². The summed E-state index contributed by atoms with van der Waals surface area (Å²) in [7, 11) is 0.